The number of esters is 2. The van der Waals surface area contributed by atoms with Gasteiger partial charge < -0.3 is 14.6 Å². The summed E-state index contributed by atoms with van der Waals surface area (Å²) < 4.78 is 9.79. The maximum Gasteiger partial charge on any atom is 0.325 e. The molecule has 0 radical (unpaired) electrons. The number of terminal acetylenes is 1. The Morgan fingerprint density at radius 1 is 1.11 bits per heavy atom. The molecule has 0 aromatic rings. The van der Waals surface area contributed by atoms with Crippen LogP contribution in [0.5, 0.6) is 0 Å². The van der Waals surface area contributed by atoms with E-state index in [2.05, 4.69) is 17.8 Å². The number of hydrogen-bond acceptors (Lipinski definition) is 5. The summed E-state index contributed by atoms with van der Waals surface area (Å²) in [4.78, 5) is 24.0. The number of aliphatic hydroxyl groups is 1. The van der Waals surface area contributed by atoms with Gasteiger partial charge in [0.1, 0.15) is 6.61 Å². The zero-order valence-electron chi connectivity index (χ0n) is 11.2. The molecule has 0 aromatic carbocycles. The van der Waals surface area contributed by atoms with Crippen molar-refractivity contribution in [2.45, 2.75) is 26.7 Å². The zero-order chi connectivity index (χ0) is 14.7. The van der Waals surface area contributed by atoms with Crippen LogP contribution in [0.2, 0.25) is 0 Å². The van der Waals surface area contributed by atoms with E-state index < -0.39 is 17.4 Å². The molecule has 0 saturated heterocycles. The van der Waals surface area contributed by atoms with Gasteiger partial charge in [-0.25, -0.2) is 0 Å². The molecule has 0 unspecified atom stereocenters. The fourth-order valence-corrected chi connectivity index (χ4v) is 1.42. The molecule has 0 spiro atoms. The molecule has 0 atom stereocenters. The Labute approximate surface area is 113 Å². The summed E-state index contributed by atoms with van der Waals surface area (Å²) in [7, 11) is 0. The minimum Gasteiger partial charge on any atom is -0.465 e. The number of carbonyl (C=O) groups is 2. The summed E-state index contributed by atoms with van der Waals surface area (Å²) in [5.41, 5.74) is -1.62. The highest BCUT2D eigenvalue weighted by Crippen LogP contribution is 2.30. The van der Waals surface area contributed by atoms with Crippen LogP contribution >= 0.6 is 0 Å². The van der Waals surface area contributed by atoms with Crippen LogP contribution in [0.4, 0.5) is 0 Å². The quantitative estimate of drug-likeness (QED) is 0.431. The average Bonchev–Trinajstić information content (AvgIpc) is 2.38. The van der Waals surface area contributed by atoms with Gasteiger partial charge in [0, 0.05) is 12.8 Å². The topological polar surface area (TPSA) is 72.8 Å². The van der Waals surface area contributed by atoms with Gasteiger partial charge in [-0.1, -0.05) is 11.8 Å². The Balaban J connectivity index is 5.39. The number of aliphatic hydroxyl groups excluding tert-OH is 1. The highest BCUT2D eigenvalue weighted by Gasteiger charge is 2.48. The van der Waals surface area contributed by atoms with Crippen LogP contribution < -0.4 is 0 Å². The first-order chi connectivity index (χ1) is 9.08. The van der Waals surface area contributed by atoms with Crippen molar-refractivity contribution < 1.29 is 24.2 Å². The lowest BCUT2D eigenvalue weighted by molar-refractivity contribution is -0.171. The third-order valence-corrected chi connectivity index (χ3v) is 2.33. The van der Waals surface area contributed by atoms with E-state index in [-0.39, 0.29) is 32.7 Å². The molecular weight excluding hydrogens is 248 g/mol. The predicted molar refractivity (Wildman–Crippen MR) is 68.6 cm³/mol. The van der Waals surface area contributed by atoms with Crippen molar-refractivity contribution in [3.8, 4) is 24.2 Å². The fraction of sp³-hybridized carbons (Fsp3) is 0.571. The summed E-state index contributed by atoms with van der Waals surface area (Å²) in [6, 6.07) is 0. The number of hydrogen-bond donors (Lipinski definition) is 1. The highest BCUT2D eigenvalue weighted by molar-refractivity contribution is 6.00. The molecule has 0 aliphatic rings. The van der Waals surface area contributed by atoms with Gasteiger partial charge in [0.2, 0.25) is 0 Å². The molecule has 0 heterocycles. The Hall–Kier alpha value is -1.98. The van der Waals surface area contributed by atoms with Gasteiger partial charge in [0.25, 0.3) is 0 Å². The van der Waals surface area contributed by atoms with Gasteiger partial charge in [0.15, 0.2) is 5.41 Å². The van der Waals surface area contributed by atoms with E-state index in [0.29, 0.717) is 0 Å². The summed E-state index contributed by atoms with van der Waals surface area (Å²) in [6.45, 7) is 3.14. The van der Waals surface area contributed by atoms with Crippen LogP contribution in [0.3, 0.4) is 0 Å². The first-order valence-electron chi connectivity index (χ1n) is 5.93. The monoisotopic (exact) mass is 266 g/mol. The average molecular weight is 266 g/mol. The summed E-state index contributed by atoms with van der Waals surface area (Å²) in [5.74, 6) is 5.70. The molecule has 0 aromatic heterocycles. The lowest BCUT2D eigenvalue weighted by Gasteiger charge is -2.25. The lowest BCUT2D eigenvalue weighted by Crippen LogP contribution is -2.41. The molecule has 0 bridgehead atoms. The Morgan fingerprint density at radius 3 is 2.00 bits per heavy atom. The molecular formula is C14H18O5. The Bertz CT molecular complexity index is 390. The molecule has 0 rings (SSSR count). The lowest BCUT2D eigenvalue weighted by atomic mass is 9.81. The number of rotatable bonds is 6. The van der Waals surface area contributed by atoms with E-state index in [1.807, 2.05) is 0 Å². The van der Waals surface area contributed by atoms with Crippen molar-refractivity contribution in [3.63, 3.8) is 0 Å². The van der Waals surface area contributed by atoms with Crippen LogP contribution in [0.15, 0.2) is 0 Å². The van der Waals surface area contributed by atoms with E-state index in [1.165, 1.54) is 0 Å². The molecule has 0 amide bonds. The second-order valence-electron chi connectivity index (χ2n) is 3.59. The Morgan fingerprint density at radius 2 is 1.63 bits per heavy atom. The van der Waals surface area contributed by atoms with E-state index in [4.69, 9.17) is 21.0 Å². The second-order valence-corrected chi connectivity index (χ2v) is 3.59. The second kappa shape index (κ2) is 9.02. The van der Waals surface area contributed by atoms with Crippen LogP contribution in [0, 0.1) is 29.6 Å². The summed E-state index contributed by atoms with van der Waals surface area (Å²) in [5, 5.41) is 8.63. The van der Waals surface area contributed by atoms with Crippen molar-refractivity contribution in [2.75, 3.05) is 19.8 Å². The van der Waals surface area contributed by atoms with Crippen LogP contribution in [0.25, 0.3) is 0 Å². The molecule has 104 valence electrons. The largest absolute Gasteiger partial charge is 0.465 e. The van der Waals surface area contributed by atoms with Crippen LogP contribution in [0.1, 0.15) is 26.7 Å². The first-order valence-corrected chi connectivity index (χ1v) is 5.93. The van der Waals surface area contributed by atoms with Gasteiger partial charge in [0.05, 0.1) is 13.2 Å². The summed E-state index contributed by atoms with van der Waals surface area (Å²) in [6.07, 6.45) is 4.92. The minimum atomic E-state index is -1.62. The van der Waals surface area contributed by atoms with E-state index >= 15 is 0 Å². The third-order valence-electron chi connectivity index (χ3n) is 2.33. The standard InChI is InChI=1S/C14H18O5/c1-4-9-14(10-7-8-11-15,12(16)18-5-2)13(17)19-6-3/h1,15H,5-6,9-11H2,2-3H3. The molecule has 0 aliphatic carbocycles. The zero-order valence-corrected chi connectivity index (χ0v) is 11.2. The molecule has 0 fully saturated rings. The molecule has 19 heavy (non-hydrogen) atoms. The summed E-state index contributed by atoms with van der Waals surface area (Å²) >= 11 is 0. The molecule has 5 nitrogen and oxygen atoms in total. The van der Waals surface area contributed by atoms with Gasteiger partial charge in [-0.3, -0.25) is 9.59 Å². The van der Waals surface area contributed by atoms with Gasteiger partial charge in [-0.15, -0.1) is 12.3 Å². The van der Waals surface area contributed by atoms with Gasteiger partial charge in [-0.05, 0) is 13.8 Å². The number of carbonyl (C=O) groups excluding carboxylic acids is 2. The van der Waals surface area contributed by atoms with Crippen molar-refractivity contribution in [3.05, 3.63) is 0 Å². The third kappa shape index (κ3) is 4.65. The van der Waals surface area contributed by atoms with Crippen LogP contribution in [-0.2, 0) is 19.1 Å². The van der Waals surface area contributed by atoms with Gasteiger partial charge >= 0.3 is 11.9 Å². The Kier molecular flexibility index (Phi) is 8.08. The van der Waals surface area contributed by atoms with E-state index in [1.54, 1.807) is 13.8 Å². The molecule has 0 saturated carbocycles. The molecule has 0 aliphatic heterocycles. The van der Waals surface area contributed by atoms with Crippen molar-refractivity contribution in [1.82, 2.24) is 0 Å². The highest BCUT2D eigenvalue weighted by atomic mass is 16.6. The van der Waals surface area contributed by atoms with Crippen molar-refractivity contribution in [1.29, 1.82) is 0 Å². The first kappa shape index (κ1) is 17.0. The smallest absolute Gasteiger partial charge is 0.325 e. The maximum atomic E-state index is 12.0. The normalized spacial score (nSPS) is 9.79. The van der Waals surface area contributed by atoms with Crippen molar-refractivity contribution >= 4 is 11.9 Å². The SMILES string of the molecule is C#CCC(CC#CCO)(C(=O)OCC)C(=O)OCC. The van der Waals surface area contributed by atoms with E-state index in [0.717, 1.165) is 0 Å². The number of ether oxygens (including phenoxy) is 2. The maximum absolute atomic E-state index is 12.0. The van der Waals surface area contributed by atoms with Crippen molar-refractivity contribution in [2.24, 2.45) is 5.41 Å². The molecule has 5 heteroatoms. The molecule has 1 N–H and O–H groups in total. The van der Waals surface area contributed by atoms with Crippen LogP contribution in [-0.4, -0.2) is 36.9 Å². The van der Waals surface area contributed by atoms with Gasteiger partial charge in [-0.2, -0.15) is 0 Å². The fourth-order valence-electron chi connectivity index (χ4n) is 1.42. The predicted octanol–water partition coefficient (Wildman–Crippen LogP) is 0.508. The minimum absolute atomic E-state index is 0.123. The van der Waals surface area contributed by atoms with E-state index in [9.17, 15) is 9.59 Å².